The van der Waals surface area contributed by atoms with E-state index in [4.69, 9.17) is 0 Å². The number of nitro benzene ring substituents is 1. The van der Waals surface area contributed by atoms with Crippen LogP contribution >= 0.6 is 15.9 Å². The quantitative estimate of drug-likeness (QED) is 0.653. The van der Waals surface area contributed by atoms with Crippen LogP contribution in [0.2, 0.25) is 0 Å². The van der Waals surface area contributed by atoms with E-state index in [-0.39, 0.29) is 11.2 Å². The molecule has 0 aliphatic heterocycles. The van der Waals surface area contributed by atoms with Gasteiger partial charge in [-0.2, -0.15) is 0 Å². The minimum Gasteiger partial charge on any atom is -0.380 e. The fraction of sp³-hybridized carbons (Fsp3) is 0.214. The van der Waals surface area contributed by atoms with Crippen LogP contribution in [-0.2, 0) is 6.54 Å². The zero-order valence-electron chi connectivity index (χ0n) is 11.6. The van der Waals surface area contributed by atoms with Crippen LogP contribution < -0.4 is 10.9 Å². The Labute approximate surface area is 129 Å². The number of nitrogens with one attached hydrogen (secondary N) is 2. The number of pyridine rings is 1. The van der Waals surface area contributed by atoms with Gasteiger partial charge in [-0.15, -0.1) is 0 Å². The number of aryl methyl sites for hydroxylation is 2. The summed E-state index contributed by atoms with van der Waals surface area (Å²) in [5.41, 5.74) is 2.94. The van der Waals surface area contributed by atoms with E-state index >= 15 is 0 Å². The number of halogens is 1. The van der Waals surface area contributed by atoms with Gasteiger partial charge in [0.15, 0.2) is 0 Å². The standard InChI is InChI=1S/C14H14BrN3O3/c1-8-5-9(2)17-14(19)11(8)7-16-13-4-3-10(18(20)21)6-12(13)15/h3-6,16H,7H2,1-2H3,(H,17,19). The zero-order valence-corrected chi connectivity index (χ0v) is 13.2. The van der Waals surface area contributed by atoms with Gasteiger partial charge in [0.05, 0.1) is 4.92 Å². The van der Waals surface area contributed by atoms with Gasteiger partial charge in [0.2, 0.25) is 0 Å². The van der Waals surface area contributed by atoms with Crippen LogP contribution in [-0.4, -0.2) is 9.91 Å². The zero-order chi connectivity index (χ0) is 15.6. The second-order valence-corrected chi connectivity index (χ2v) is 5.57. The molecule has 21 heavy (non-hydrogen) atoms. The van der Waals surface area contributed by atoms with Crippen molar-refractivity contribution in [2.24, 2.45) is 0 Å². The highest BCUT2D eigenvalue weighted by Gasteiger charge is 2.10. The molecule has 0 saturated heterocycles. The molecule has 0 saturated carbocycles. The Kier molecular flexibility index (Phi) is 4.42. The van der Waals surface area contributed by atoms with E-state index in [0.717, 1.165) is 11.3 Å². The molecule has 2 N–H and O–H groups in total. The number of hydrogen-bond acceptors (Lipinski definition) is 4. The predicted octanol–water partition coefficient (Wildman–Crippen LogP) is 3.27. The fourth-order valence-corrected chi connectivity index (χ4v) is 2.55. The molecule has 1 heterocycles. The number of non-ortho nitro benzene ring substituents is 1. The molecule has 0 bridgehead atoms. The maximum atomic E-state index is 11.9. The molecule has 6 nitrogen and oxygen atoms in total. The predicted molar refractivity (Wildman–Crippen MR) is 84.7 cm³/mol. The minimum absolute atomic E-state index is 0.0109. The van der Waals surface area contributed by atoms with Crippen molar-refractivity contribution in [2.45, 2.75) is 20.4 Å². The van der Waals surface area contributed by atoms with Crippen molar-refractivity contribution < 1.29 is 4.92 Å². The highest BCUT2D eigenvalue weighted by atomic mass is 79.9. The number of aromatic nitrogens is 1. The van der Waals surface area contributed by atoms with Gasteiger partial charge in [0, 0.05) is 40.1 Å². The largest absolute Gasteiger partial charge is 0.380 e. The second-order valence-electron chi connectivity index (χ2n) is 4.72. The highest BCUT2D eigenvalue weighted by Crippen LogP contribution is 2.27. The molecule has 0 amide bonds. The summed E-state index contributed by atoms with van der Waals surface area (Å²) in [6, 6.07) is 6.36. The normalized spacial score (nSPS) is 10.4. The summed E-state index contributed by atoms with van der Waals surface area (Å²) in [6.07, 6.45) is 0. The molecule has 0 radical (unpaired) electrons. The lowest BCUT2D eigenvalue weighted by atomic mass is 10.1. The molecule has 0 spiro atoms. The first-order chi connectivity index (χ1) is 9.88. The van der Waals surface area contributed by atoms with E-state index in [1.807, 2.05) is 19.9 Å². The van der Waals surface area contributed by atoms with Gasteiger partial charge >= 0.3 is 0 Å². The third kappa shape index (κ3) is 3.49. The lowest BCUT2D eigenvalue weighted by Gasteiger charge is -2.10. The third-order valence-corrected chi connectivity index (χ3v) is 3.77. The Morgan fingerprint density at radius 1 is 1.33 bits per heavy atom. The first-order valence-corrected chi connectivity index (χ1v) is 7.05. The molecule has 0 aliphatic carbocycles. The summed E-state index contributed by atoms with van der Waals surface area (Å²) in [6.45, 7) is 4.06. The smallest absolute Gasteiger partial charge is 0.270 e. The van der Waals surface area contributed by atoms with E-state index in [1.165, 1.54) is 12.1 Å². The summed E-state index contributed by atoms with van der Waals surface area (Å²) in [7, 11) is 0. The average Bonchev–Trinajstić information content (AvgIpc) is 2.38. The molecule has 0 atom stereocenters. The molecular formula is C14H14BrN3O3. The Morgan fingerprint density at radius 3 is 2.62 bits per heavy atom. The van der Waals surface area contributed by atoms with Gasteiger partial charge in [0.25, 0.3) is 11.2 Å². The Morgan fingerprint density at radius 2 is 2.05 bits per heavy atom. The van der Waals surface area contributed by atoms with E-state index < -0.39 is 4.92 Å². The SMILES string of the molecule is Cc1cc(C)c(CNc2ccc([N+](=O)[O-])cc2Br)c(=O)[nH]1. The van der Waals surface area contributed by atoms with Crippen LogP contribution in [0.3, 0.4) is 0 Å². The Hall–Kier alpha value is -2.15. The van der Waals surface area contributed by atoms with Crippen molar-refractivity contribution in [3.8, 4) is 0 Å². The first-order valence-electron chi connectivity index (χ1n) is 6.25. The molecule has 7 heteroatoms. The molecule has 1 aromatic carbocycles. The Bertz CT molecular complexity index is 756. The van der Waals surface area contributed by atoms with Crippen LogP contribution in [0.4, 0.5) is 11.4 Å². The summed E-state index contributed by atoms with van der Waals surface area (Å²) >= 11 is 3.28. The van der Waals surface area contributed by atoms with Crippen LogP contribution in [0.15, 0.2) is 33.5 Å². The van der Waals surface area contributed by atoms with Gasteiger partial charge in [0.1, 0.15) is 0 Å². The second kappa shape index (κ2) is 6.09. The number of benzene rings is 1. The molecule has 0 aliphatic rings. The van der Waals surface area contributed by atoms with Crippen molar-refractivity contribution in [3.05, 3.63) is 66.0 Å². The number of H-pyrrole nitrogens is 1. The summed E-state index contributed by atoms with van der Waals surface area (Å²) in [5, 5.41) is 13.8. The van der Waals surface area contributed by atoms with Crippen molar-refractivity contribution >= 4 is 27.3 Å². The van der Waals surface area contributed by atoms with E-state index in [9.17, 15) is 14.9 Å². The first kappa shape index (κ1) is 15.2. The number of nitrogens with zero attached hydrogens (tertiary/aromatic N) is 1. The molecule has 2 aromatic rings. The van der Waals surface area contributed by atoms with Gasteiger partial charge in [-0.1, -0.05) is 0 Å². The van der Waals surface area contributed by atoms with Crippen molar-refractivity contribution in [1.29, 1.82) is 0 Å². The van der Waals surface area contributed by atoms with Crippen molar-refractivity contribution in [1.82, 2.24) is 4.98 Å². The lowest BCUT2D eigenvalue weighted by Crippen LogP contribution is -2.18. The molecule has 1 aromatic heterocycles. The van der Waals surface area contributed by atoms with Gasteiger partial charge < -0.3 is 10.3 Å². The van der Waals surface area contributed by atoms with Crippen LogP contribution in [0, 0.1) is 24.0 Å². The molecule has 0 unspecified atom stereocenters. The molecule has 2 rings (SSSR count). The maximum Gasteiger partial charge on any atom is 0.270 e. The molecular weight excluding hydrogens is 338 g/mol. The van der Waals surface area contributed by atoms with Gasteiger partial charge in [-0.05, 0) is 47.5 Å². The van der Waals surface area contributed by atoms with Gasteiger partial charge in [-0.3, -0.25) is 14.9 Å². The number of nitro groups is 1. The van der Waals surface area contributed by atoms with Crippen molar-refractivity contribution in [2.75, 3.05) is 5.32 Å². The lowest BCUT2D eigenvalue weighted by molar-refractivity contribution is -0.384. The van der Waals surface area contributed by atoms with Crippen molar-refractivity contribution in [3.63, 3.8) is 0 Å². The maximum absolute atomic E-state index is 11.9. The summed E-state index contributed by atoms with van der Waals surface area (Å²) in [4.78, 5) is 24.9. The van der Waals surface area contributed by atoms with Crippen LogP contribution in [0.1, 0.15) is 16.8 Å². The summed E-state index contributed by atoms with van der Waals surface area (Å²) < 4.78 is 0.581. The van der Waals surface area contributed by atoms with E-state index in [0.29, 0.717) is 22.3 Å². The topological polar surface area (TPSA) is 88.0 Å². The number of rotatable bonds is 4. The summed E-state index contributed by atoms with van der Waals surface area (Å²) in [5.74, 6) is 0. The fourth-order valence-electron chi connectivity index (χ4n) is 2.05. The Balaban J connectivity index is 2.21. The minimum atomic E-state index is -0.455. The van der Waals surface area contributed by atoms with Crippen LogP contribution in [0.5, 0.6) is 0 Å². The van der Waals surface area contributed by atoms with Crippen LogP contribution in [0.25, 0.3) is 0 Å². The monoisotopic (exact) mass is 351 g/mol. The highest BCUT2D eigenvalue weighted by molar-refractivity contribution is 9.10. The number of anilines is 1. The number of hydrogen-bond donors (Lipinski definition) is 2. The molecule has 0 fully saturated rings. The van der Waals surface area contributed by atoms with E-state index in [1.54, 1.807) is 6.07 Å². The van der Waals surface area contributed by atoms with Gasteiger partial charge in [-0.25, -0.2) is 0 Å². The molecule has 110 valence electrons. The third-order valence-electron chi connectivity index (χ3n) is 3.11. The van der Waals surface area contributed by atoms with E-state index in [2.05, 4.69) is 26.2 Å². The number of aromatic amines is 1. The average molecular weight is 352 g/mol.